The molecular formula is C22H24MnN8O2-4. The van der Waals surface area contributed by atoms with Gasteiger partial charge >= 0.3 is 0 Å². The van der Waals surface area contributed by atoms with Crippen LogP contribution >= 0.6 is 0 Å². The second kappa shape index (κ2) is 16.2. The summed E-state index contributed by atoms with van der Waals surface area (Å²) in [7, 11) is 0. The molecule has 0 aliphatic heterocycles. The van der Waals surface area contributed by atoms with Crippen molar-refractivity contribution in [1.82, 2.24) is 0 Å². The van der Waals surface area contributed by atoms with Crippen molar-refractivity contribution in [3.63, 3.8) is 0 Å². The number of nitrogens with zero attached hydrogens (tertiary/aromatic N) is 8. The quantitative estimate of drug-likeness (QED) is 0.192. The summed E-state index contributed by atoms with van der Waals surface area (Å²) in [5.74, 6) is -0.0167. The van der Waals surface area contributed by atoms with E-state index in [1.165, 1.54) is 9.82 Å². The molecule has 33 heavy (non-hydrogen) atoms. The molecule has 1 aliphatic carbocycles. The van der Waals surface area contributed by atoms with Crippen LogP contribution in [0, 0.1) is 13.8 Å². The molecule has 0 aromatic heterocycles. The minimum absolute atomic E-state index is 0. The standard InChI is InChI=1S/C22H26N2O2.Mn.2N3/c1-15-7-9-21(25)17(11-15)13-23-19-5-3-4-6-20(19)24-14-18-12-16(2)8-10-22(18)26;;2*1-3-2/h7-14,19-20,25-26H,3-6H2,1-2H3;;;/q;;2*-1/p-2/t19-,20-;;;/m1.../s1. The number of hydrogen-bond donors (Lipinski definition) is 0. The molecule has 2 aromatic carbocycles. The molecule has 1 aliphatic rings. The van der Waals surface area contributed by atoms with Crippen LogP contribution in [0.3, 0.4) is 0 Å². The largest absolute Gasteiger partial charge is 0.872 e. The van der Waals surface area contributed by atoms with Crippen LogP contribution in [0.1, 0.15) is 47.9 Å². The van der Waals surface area contributed by atoms with Crippen LogP contribution in [0.25, 0.3) is 31.9 Å². The van der Waals surface area contributed by atoms with Crippen molar-refractivity contribution in [2.75, 3.05) is 0 Å². The third kappa shape index (κ3) is 10.6. The fourth-order valence-electron chi connectivity index (χ4n) is 3.33. The van der Waals surface area contributed by atoms with E-state index in [4.69, 9.17) is 22.1 Å². The van der Waals surface area contributed by atoms with Gasteiger partial charge in [0.25, 0.3) is 0 Å². The third-order valence-electron chi connectivity index (χ3n) is 4.83. The van der Waals surface area contributed by atoms with Gasteiger partial charge in [-0.15, -0.1) is 11.5 Å². The van der Waals surface area contributed by atoms with E-state index in [-0.39, 0.29) is 40.7 Å². The molecule has 1 saturated carbocycles. The number of hydrogen-bond acceptors (Lipinski definition) is 4. The van der Waals surface area contributed by atoms with Gasteiger partial charge in [0, 0.05) is 29.5 Å². The van der Waals surface area contributed by atoms with Gasteiger partial charge < -0.3 is 32.3 Å². The number of benzene rings is 2. The molecular weight excluding hydrogens is 463 g/mol. The second-order valence-corrected chi connectivity index (χ2v) is 7.24. The van der Waals surface area contributed by atoms with Crippen molar-refractivity contribution in [2.45, 2.75) is 51.6 Å². The van der Waals surface area contributed by atoms with Crippen molar-refractivity contribution in [3.05, 3.63) is 90.6 Å². The summed E-state index contributed by atoms with van der Waals surface area (Å²) in [5.41, 5.74) is 30.3. The van der Waals surface area contributed by atoms with Crippen LogP contribution < -0.4 is 10.2 Å². The predicted molar refractivity (Wildman–Crippen MR) is 123 cm³/mol. The van der Waals surface area contributed by atoms with E-state index >= 15 is 0 Å². The minimum Gasteiger partial charge on any atom is -0.872 e. The molecule has 0 amide bonds. The van der Waals surface area contributed by atoms with Gasteiger partial charge in [-0.25, -0.2) is 0 Å². The molecule has 11 heteroatoms. The van der Waals surface area contributed by atoms with Crippen LogP contribution in [0.5, 0.6) is 11.5 Å². The van der Waals surface area contributed by atoms with Crippen LogP contribution in [-0.4, -0.2) is 24.5 Å². The first-order valence-corrected chi connectivity index (χ1v) is 9.94. The molecule has 1 fully saturated rings. The summed E-state index contributed by atoms with van der Waals surface area (Å²) in [6.07, 6.45) is 7.53. The summed E-state index contributed by atoms with van der Waals surface area (Å²) >= 11 is 0. The Labute approximate surface area is 203 Å². The number of rotatable bonds is 4. The molecule has 0 bridgehead atoms. The number of aliphatic imine (C=N–C) groups is 2. The van der Waals surface area contributed by atoms with Crippen LogP contribution in [0.4, 0.5) is 0 Å². The van der Waals surface area contributed by atoms with E-state index in [9.17, 15) is 10.2 Å². The first-order chi connectivity index (χ1) is 15.4. The zero-order chi connectivity index (χ0) is 23.9. The summed E-state index contributed by atoms with van der Waals surface area (Å²) in [5, 5.41) is 23.9. The molecule has 0 saturated heterocycles. The van der Waals surface area contributed by atoms with Gasteiger partial charge in [0.05, 0.1) is 12.1 Å². The van der Waals surface area contributed by atoms with Gasteiger partial charge in [-0.05, 0) is 37.8 Å². The Hall–Kier alpha value is -3.48. The van der Waals surface area contributed by atoms with Crippen LogP contribution in [-0.2, 0) is 17.1 Å². The maximum absolute atomic E-state index is 12.0. The SMILES string of the molecule is Cc1ccc([O-])c(C=N[C@@H]2CCCC[C@H]2N=Cc2cc(C)ccc2[O-])c1.[Mn].[N-]=[N+]=[N-].[N-]=[N+]=[N-]. The zero-order valence-corrected chi connectivity index (χ0v) is 19.6. The molecule has 2 aromatic rings. The predicted octanol–water partition coefficient (Wildman–Crippen LogP) is 5.03. The molecule has 2 atom stereocenters. The monoisotopic (exact) mass is 487 g/mol. The summed E-state index contributed by atoms with van der Waals surface area (Å²) < 4.78 is 0. The Kier molecular flexibility index (Phi) is 14.5. The average Bonchev–Trinajstić information content (AvgIpc) is 2.77. The van der Waals surface area contributed by atoms with Crippen LogP contribution in [0.2, 0.25) is 0 Å². The van der Waals surface area contributed by atoms with E-state index in [1.54, 1.807) is 24.6 Å². The Morgan fingerprint density at radius 1 is 0.758 bits per heavy atom. The molecule has 10 nitrogen and oxygen atoms in total. The van der Waals surface area contributed by atoms with E-state index in [2.05, 4.69) is 9.98 Å². The Balaban J connectivity index is 0.00000132. The Morgan fingerprint density at radius 3 is 1.42 bits per heavy atom. The minimum atomic E-state index is -0.00836. The van der Waals surface area contributed by atoms with Gasteiger partial charge in [0.1, 0.15) is 0 Å². The molecule has 3 rings (SSSR count). The molecule has 0 heterocycles. The van der Waals surface area contributed by atoms with Crippen molar-refractivity contribution >= 4 is 12.4 Å². The second-order valence-electron chi connectivity index (χ2n) is 7.24. The van der Waals surface area contributed by atoms with Gasteiger partial charge in [-0.1, -0.05) is 60.4 Å². The Morgan fingerprint density at radius 2 is 1.09 bits per heavy atom. The maximum atomic E-state index is 12.0. The third-order valence-corrected chi connectivity index (χ3v) is 4.83. The first kappa shape index (κ1) is 29.5. The molecule has 0 N–H and O–H groups in total. The van der Waals surface area contributed by atoms with Gasteiger partial charge in [0.15, 0.2) is 0 Å². The number of aryl methyl sites for hydroxylation is 2. The van der Waals surface area contributed by atoms with Crippen molar-refractivity contribution < 1.29 is 27.3 Å². The first-order valence-electron chi connectivity index (χ1n) is 9.94. The van der Waals surface area contributed by atoms with Crippen LogP contribution in [0.15, 0.2) is 46.4 Å². The van der Waals surface area contributed by atoms with Gasteiger partial charge in [0.2, 0.25) is 0 Å². The maximum Gasteiger partial charge on any atom is 0.0723 e. The van der Waals surface area contributed by atoms with Crippen molar-refractivity contribution in [1.29, 1.82) is 0 Å². The summed E-state index contributed by atoms with van der Waals surface area (Å²) in [4.78, 5) is 12.3. The van der Waals surface area contributed by atoms with Gasteiger partial charge in [-0.2, -0.15) is 0 Å². The average molecular weight is 487 g/mol. The Bertz CT molecular complexity index is 932. The smallest absolute Gasteiger partial charge is 0.0723 e. The molecule has 1 radical (unpaired) electrons. The molecule has 175 valence electrons. The van der Waals surface area contributed by atoms with E-state index in [1.807, 2.05) is 38.1 Å². The van der Waals surface area contributed by atoms with Gasteiger partial charge in [-0.3, -0.25) is 19.8 Å². The van der Waals surface area contributed by atoms with Crippen molar-refractivity contribution in [2.24, 2.45) is 9.98 Å². The van der Waals surface area contributed by atoms with E-state index in [0.717, 1.165) is 36.8 Å². The fraction of sp³-hybridized carbons (Fsp3) is 0.364. The normalized spacial score (nSPS) is 16.9. The fourth-order valence-corrected chi connectivity index (χ4v) is 3.33. The van der Waals surface area contributed by atoms with Crippen molar-refractivity contribution in [3.8, 4) is 11.5 Å². The van der Waals surface area contributed by atoms with E-state index < -0.39 is 0 Å². The summed E-state index contributed by atoms with van der Waals surface area (Å²) in [6, 6.07) is 10.6. The molecule has 0 spiro atoms. The summed E-state index contributed by atoms with van der Waals surface area (Å²) in [6.45, 7) is 3.93. The topological polar surface area (TPSA) is 188 Å². The molecule has 0 unspecified atom stereocenters. The van der Waals surface area contributed by atoms with E-state index in [0.29, 0.717) is 11.1 Å². The zero-order valence-electron chi connectivity index (χ0n) is 18.4.